The molecule has 27 heavy (non-hydrogen) atoms. The predicted octanol–water partition coefficient (Wildman–Crippen LogP) is 1.76. The number of carbonyl (C=O) groups excluding carboxylic acids is 2. The van der Waals surface area contributed by atoms with Crippen molar-refractivity contribution in [1.29, 1.82) is 0 Å². The zero-order valence-electron chi connectivity index (χ0n) is 15.8. The summed E-state index contributed by atoms with van der Waals surface area (Å²) in [5.74, 6) is 3.66. The maximum atomic E-state index is 12.5. The third-order valence-electron chi connectivity index (χ3n) is 7.30. The van der Waals surface area contributed by atoms with Crippen LogP contribution in [0.4, 0.5) is 0 Å². The molecule has 146 valence electrons. The quantitative estimate of drug-likeness (QED) is 0.779. The SMILES string of the molecule is CN1CCCCC1C(=O)NCc1csc(CNC(=O)C2C3CC4C(C3)C42)n1. The fourth-order valence-corrected chi connectivity index (χ4v) is 6.69. The van der Waals surface area contributed by atoms with Gasteiger partial charge in [-0.1, -0.05) is 6.42 Å². The number of thiazole rings is 1. The van der Waals surface area contributed by atoms with Crippen LogP contribution >= 0.6 is 11.3 Å². The molecule has 6 rings (SSSR count). The molecule has 0 aromatic carbocycles. The number of hydrogen-bond acceptors (Lipinski definition) is 5. The number of nitrogens with one attached hydrogen (secondary N) is 2. The van der Waals surface area contributed by atoms with Crippen LogP contribution in [-0.2, 0) is 22.7 Å². The van der Waals surface area contributed by atoms with Crippen molar-refractivity contribution in [2.75, 3.05) is 13.6 Å². The van der Waals surface area contributed by atoms with Gasteiger partial charge in [0.05, 0.1) is 24.8 Å². The van der Waals surface area contributed by atoms with E-state index in [-0.39, 0.29) is 23.8 Å². The van der Waals surface area contributed by atoms with Gasteiger partial charge in [-0.05, 0) is 62.9 Å². The second-order valence-electron chi connectivity index (χ2n) is 8.82. The molecule has 1 saturated heterocycles. The van der Waals surface area contributed by atoms with Crippen LogP contribution in [0.15, 0.2) is 5.38 Å². The molecule has 5 fully saturated rings. The van der Waals surface area contributed by atoms with Gasteiger partial charge in [-0.3, -0.25) is 14.5 Å². The fraction of sp³-hybridized carbons (Fsp3) is 0.750. The zero-order chi connectivity index (χ0) is 18.5. The summed E-state index contributed by atoms with van der Waals surface area (Å²) in [7, 11) is 2.02. The molecule has 1 aromatic heterocycles. The fourth-order valence-electron chi connectivity index (χ4n) is 5.96. The molecule has 1 aromatic rings. The highest BCUT2D eigenvalue weighted by atomic mass is 32.1. The van der Waals surface area contributed by atoms with Crippen LogP contribution in [-0.4, -0.2) is 41.3 Å². The van der Waals surface area contributed by atoms with Crippen LogP contribution in [0.1, 0.15) is 42.8 Å². The molecule has 4 aliphatic carbocycles. The Labute approximate surface area is 164 Å². The summed E-state index contributed by atoms with van der Waals surface area (Å²) >= 11 is 1.56. The van der Waals surface area contributed by atoms with Crippen molar-refractivity contribution in [2.45, 2.75) is 51.2 Å². The highest BCUT2D eigenvalue weighted by molar-refractivity contribution is 7.09. The van der Waals surface area contributed by atoms with Crippen LogP contribution < -0.4 is 10.6 Å². The number of nitrogens with zero attached hydrogens (tertiary/aromatic N) is 2. The summed E-state index contributed by atoms with van der Waals surface area (Å²) in [5.41, 5.74) is 0.876. The van der Waals surface area contributed by atoms with E-state index in [2.05, 4.69) is 20.5 Å². The zero-order valence-corrected chi connectivity index (χ0v) is 16.6. The van der Waals surface area contributed by atoms with E-state index in [0.29, 0.717) is 24.9 Å². The van der Waals surface area contributed by atoms with Crippen LogP contribution in [0.3, 0.4) is 0 Å². The number of amides is 2. The van der Waals surface area contributed by atoms with Crippen molar-refractivity contribution in [1.82, 2.24) is 20.5 Å². The Morgan fingerprint density at radius 3 is 2.67 bits per heavy atom. The number of likely N-dealkylation sites (N-methyl/N-ethyl adjacent to an activating group) is 1. The van der Waals surface area contributed by atoms with Crippen LogP contribution in [0.5, 0.6) is 0 Å². The van der Waals surface area contributed by atoms with Gasteiger partial charge in [0.15, 0.2) is 0 Å². The first-order chi connectivity index (χ1) is 13.1. The molecule has 2 amide bonds. The third-order valence-corrected chi connectivity index (χ3v) is 8.20. The van der Waals surface area contributed by atoms with Crippen LogP contribution in [0, 0.1) is 29.6 Å². The lowest BCUT2D eigenvalue weighted by atomic mass is 9.97. The predicted molar refractivity (Wildman–Crippen MR) is 103 cm³/mol. The Bertz CT molecular complexity index is 736. The van der Waals surface area contributed by atoms with Gasteiger partial charge >= 0.3 is 0 Å². The van der Waals surface area contributed by atoms with Crippen molar-refractivity contribution in [2.24, 2.45) is 29.6 Å². The van der Waals surface area contributed by atoms with E-state index < -0.39 is 0 Å². The van der Waals surface area contributed by atoms with Gasteiger partial charge in [0.1, 0.15) is 5.01 Å². The number of carbonyl (C=O) groups is 2. The standard InChI is InChI=1S/C20H28N4O2S/c1-24-5-3-2-4-15(24)19(25)21-8-12-10-27-16(23-12)9-22-20(26)17-11-6-13-14(7-11)18(13)17/h10-11,13-15,17-18H,2-9H2,1H3,(H,21,25)(H,22,26). The molecule has 5 aliphatic rings. The van der Waals surface area contributed by atoms with Crippen molar-refractivity contribution in [3.8, 4) is 0 Å². The van der Waals surface area contributed by atoms with Gasteiger partial charge in [0.2, 0.25) is 11.8 Å². The van der Waals surface area contributed by atoms with Gasteiger partial charge in [0.25, 0.3) is 0 Å². The van der Waals surface area contributed by atoms with Crippen molar-refractivity contribution >= 4 is 23.2 Å². The lowest BCUT2D eigenvalue weighted by Gasteiger charge is -2.31. The highest BCUT2D eigenvalue weighted by Crippen LogP contribution is 2.73. The molecule has 2 heterocycles. The number of likely N-dealkylation sites (tertiary alicyclic amines) is 1. The van der Waals surface area contributed by atoms with Gasteiger partial charge in [-0.25, -0.2) is 4.98 Å². The number of aromatic nitrogens is 1. The summed E-state index contributed by atoms with van der Waals surface area (Å²) in [5, 5.41) is 9.03. The van der Waals surface area contributed by atoms with Crippen molar-refractivity contribution in [3.63, 3.8) is 0 Å². The minimum atomic E-state index is -0.0138. The molecule has 2 N–H and O–H groups in total. The molecule has 4 atom stereocenters. The summed E-state index contributed by atoms with van der Waals surface area (Å²) < 4.78 is 0. The van der Waals surface area contributed by atoms with Crippen LogP contribution in [0.2, 0.25) is 0 Å². The summed E-state index contributed by atoms with van der Waals surface area (Å²) in [6.07, 6.45) is 5.79. The second-order valence-corrected chi connectivity index (χ2v) is 9.77. The third kappa shape index (κ3) is 3.18. The molecule has 1 aliphatic heterocycles. The minimum Gasteiger partial charge on any atom is -0.349 e. The maximum Gasteiger partial charge on any atom is 0.237 e. The molecule has 0 radical (unpaired) electrons. The first-order valence-electron chi connectivity index (χ1n) is 10.3. The van der Waals surface area contributed by atoms with Crippen molar-refractivity contribution in [3.05, 3.63) is 16.1 Å². The summed E-state index contributed by atoms with van der Waals surface area (Å²) in [4.78, 5) is 31.6. The molecular formula is C20H28N4O2S. The van der Waals surface area contributed by atoms with E-state index in [4.69, 9.17) is 0 Å². The Morgan fingerprint density at radius 1 is 1.19 bits per heavy atom. The normalized spacial score (nSPS) is 36.6. The van der Waals surface area contributed by atoms with E-state index in [0.717, 1.165) is 41.9 Å². The van der Waals surface area contributed by atoms with Gasteiger partial charge in [0, 0.05) is 11.3 Å². The number of hydrogen-bond donors (Lipinski definition) is 2. The van der Waals surface area contributed by atoms with Gasteiger partial charge in [-0.15, -0.1) is 11.3 Å². The average molecular weight is 389 g/mol. The smallest absolute Gasteiger partial charge is 0.237 e. The molecule has 4 bridgehead atoms. The average Bonchev–Trinajstić information content (AvgIpc) is 3.20. The Kier molecular flexibility index (Phi) is 4.47. The van der Waals surface area contributed by atoms with Gasteiger partial charge < -0.3 is 10.6 Å². The molecule has 4 unspecified atom stereocenters. The molecular weight excluding hydrogens is 360 g/mol. The minimum absolute atomic E-state index is 0.0138. The van der Waals surface area contributed by atoms with E-state index in [9.17, 15) is 9.59 Å². The monoisotopic (exact) mass is 388 g/mol. The van der Waals surface area contributed by atoms with E-state index >= 15 is 0 Å². The second kappa shape index (κ2) is 6.85. The van der Waals surface area contributed by atoms with Gasteiger partial charge in [-0.2, -0.15) is 0 Å². The number of piperidine rings is 1. The molecule has 7 heteroatoms. The van der Waals surface area contributed by atoms with E-state index in [1.165, 1.54) is 19.3 Å². The largest absolute Gasteiger partial charge is 0.349 e. The maximum absolute atomic E-state index is 12.5. The van der Waals surface area contributed by atoms with Crippen LogP contribution in [0.25, 0.3) is 0 Å². The molecule has 6 nitrogen and oxygen atoms in total. The lowest BCUT2D eigenvalue weighted by molar-refractivity contribution is -0.127. The first-order valence-corrected chi connectivity index (χ1v) is 11.2. The first kappa shape index (κ1) is 17.6. The lowest BCUT2D eigenvalue weighted by Crippen LogP contribution is -2.47. The van der Waals surface area contributed by atoms with E-state index in [1.807, 2.05) is 12.4 Å². The Balaban J connectivity index is 1.08. The Morgan fingerprint density at radius 2 is 1.96 bits per heavy atom. The topological polar surface area (TPSA) is 74.3 Å². The van der Waals surface area contributed by atoms with E-state index in [1.54, 1.807) is 11.3 Å². The molecule has 4 saturated carbocycles. The summed E-state index contributed by atoms with van der Waals surface area (Å²) in [6.45, 7) is 1.96. The molecule has 0 spiro atoms. The number of rotatable bonds is 6. The summed E-state index contributed by atoms with van der Waals surface area (Å²) in [6, 6.07) is -0.0138. The highest BCUT2D eigenvalue weighted by Gasteiger charge is 2.70. The Hall–Kier alpha value is -1.47. The van der Waals surface area contributed by atoms with Crippen molar-refractivity contribution < 1.29 is 9.59 Å².